The molecule has 1 rings (SSSR count). The van der Waals surface area contributed by atoms with Gasteiger partial charge in [0.05, 0.1) is 13.2 Å². The number of hydrogen-bond donors (Lipinski definition) is 3. The summed E-state index contributed by atoms with van der Waals surface area (Å²) in [4.78, 5) is 0. The van der Waals surface area contributed by atoms with E-state index in [9.17, 15) is 10.2 Å². The fraction of sp³-hybridized carbons (Fsp3) is 0.952. The molecule has 0 aromatic rings. The highest BCUT2D eigenvalue weighted by atomic mass is 32.1. The summed E-state index contributed by atoms with van der Waals surface area (Å²) >= 11 is 5.27. The third-order valence-electron chi connectivity index (χ3n) is 5.23. The van der Waals surface area contributed by atoms with Crippen molar-refractivity contribution in [1.29, 1.82) is 0 Å². The topological polar surface area (TPSA) is 79.2 Å². The van der Waals surface area contributed by atoms with Crippen LogP contribution in [0.4, 0.5) is 0 Å². The maximum atomic E-state index is 9.92. The fourth-order valence-electron chi connectivity index (χ4n) is 3.52. The molecule has 0 spiro atoms. The van der Waals surface area contributed by atoms with Gasteiger partial charge >= 0.3 is 0 Å². The molecular weight excluding hydrogens is 364 g/mol. The third-order valence-corrected chi connectivity index (χ3v) is 5.53. The predicted octanol–water partition coefficient (Wildman–Crippen LogP) is 3.90. The molecule has 1 fully saturated rings. The molecular formula is C21H40O5S. The summed E-state index contributed by atoms with van der Waals surface area (Å²) in [7, 11) is 0. The largest absolute Gasteiger partial charge is 0.478 e. The predicted molar refractivity (Wildman–Crippen MR) is 112 cm³/mol. The van der Waals surface area contributed by atoms with E-state index in [1.54, 1.807) is 0 Å². The molecule has 0 bridgehead atoms. The Kier molecular flexibility index (Phi) is 14.3. The number of rotatable bonds is 16. The monoisotopic (exact) mass is 404 g/mol. The van der Waals surface area contributed by atoms with Crippen molar-refractivity contribution in [3.8, 4) is 0 Å². The molecule has 0 unspecified atom stereocenters. The van der Waals surface area contributed by atoms with Crippen molar-refractivity contribution in [2.75, 3.05) is 13.2 Å². The van der Waals surface area contributed by atoms with Gasteiger partial charge in [0.2, 0.25) is 0 Å². The third kappa shape index (κ3) is 10.7. The van der Waals surface area contributed by atoms with Crippen molar-refractivity contribution >= 4 is 17.3 Å². The zero-order chi connectivity index (χ0) is 19.9. The number of unbranched alkanes of at least 4 members (excludes halogenated alkanes) is 11. The quantitative estimate of drug-likeness (QED) is 0.267. The number of hydrogen-bond acceptors (Lipinski definition) is 6. The van der Waals surface area contributed by atoms with E-state index in [2.05, 4.69) is 6.92 Å². The normalized spacial score (nSPS) is 23.5. The van der Waals surface area contributed by atoms with Gasteiger partial charge in [-0.2, -0.15) is 0 Å². The van der Waals surface area contributed by atoms with E-state index in [0.29, 0.717) is 11.5 Å². The van der Waals surface area contributed by atoms with Gasteiger partial charge in [-0.1, -0.05) is 77.6 Å². The second kappa shape index (κ2) is 15.6. The van der Waals surface area contributed by atoms with Gasteiger partial charge in [-0.15, -0.1) is 0 Å². The van der Waals surface area contributed by atoms with E-state index in [0.717, 1.165) is 12.8 Å². The molecule has 0 saturated carbocycles. The van der Waals surface area contributed by atoms with Gasteiger partial charge in [0.1, 0.15) is 18.3 Å². The minimum Gasteiger partial charge on any atom is -0.478 e. The highest BCUT2D eigenvalue weighted by molar-refractivity contribution is 7.80. The molecule has 3 N–H and O–H groups in total. The first-order valence-electron chi connectivity index (χ1n) is 10.9. The molecule has 1 saturated heterocycles. The lowest BCUT2D eigenvalue weighted by molar-refractivity contribution is -0.0642. The van der Waals surface area contributed by atoms with E-state index in [1.807, 2.05) is 0 Å². The molecule has 1 heterocycles. The smallest absolute Gasteiger partial charge is 0.160 e. The lowest BCUT2D eigenvalue weighted by Crippen LogP contribution is -2.43. The van der Waals surface area contributed by atoms with Crippen molar-refractivity contribution in [2.24, 2.45) is 0 Å². The Bertz CT molecular complexity index is 380. The van der Waals surface area contributed by atoms with E-state index < -0.39 is 31.0 Å². The number of ether oxygens (including phenoxy) is 2. The van der Waals surface area contributed by atoms with Gasteiger partial charge in [0.25, 0.3) is 0 Å². The number of aliphatic hydroxyl groups excluding tert-OH is 3. The van der Waals surface area contributed by atoms with Crippen LogP contribution < -0.4 is 0 Å². The zero-order valence-corrected chi connectivity index (χ0v) is 17.8. The lowest BCUT2D eigenvalue weighted by Gasteiger charge is -2.24. The summed E-state index contributed by atoms with van der Waals surface area (Å²) < 4.78 is 10.9. The molecule has 0 radical (unpaired) electrons. The van der Waals surface area contributed by atoms with Gasteiger partial charge in [0, 0.05) is 6.42 Å². The van der Waals surface area contributed by atoms with Gasteiger partial charge in [0.15, 0.2) is 11.2 Å². The first-order valence-corrected chi connectivity index (χ1v) is 11.3. The van der Waals surface area contributed by atoms with Crippen LogP contribution in [-0.4, -0.2) is 58.0 Å². The maximum Gasteiger partial charge on any atom is 0.160 e. The molecule has 0 aromatic carbocycles. The van der Waals surface area contributed by atoms with Crippen LogP contribution >= 0.6 is 12.2 Å². The van der Waals surface area contributed by atoms with Crippen LogP contribution in [0.25, 0.3) is 0 Å². The summed E-state index contributed by atoms with van der Waals surface area (Å²) in [6.45, 7) is 1.92. The molecule has 1 aliphatic rings. The van der Waals surface area contributed by atoms with E-state index in [1.165, 1.54) is 64.2 Å². The first-order chi connectivity index (χ1) is 13.1. The molecule has 6 heteroatoms. The highest BCUT2D eigenvalue weighted by Crippen LogP contribution is 2.22. The SMILES string of the molecule is CCCCCCCCCCCCCCC(=S)O[C@H]1[C@@H]([C@H](O)CO)OC[C@@H]1O. The molecule has 160 valence electrons. The van der Waals surface area contributed by atoms with Crippen molar-refractivity contribution < 1.29 is 24.8 Å². The van der Waals surface area contributed by atoms with Gasteiger partial charge in [-0.05, 0) is 18.6 Å². The molecule has 27 heavy (non-hydrogen) atoms. The summed E-state index contributed by atoms with van der Waals surface area (Å²) in [5, 5.41) is 29.2. The second-order valence-corrected chi connectivity index (χ2v) is 8.16. The molecule has 5 nitrogen and oxygen atoms in total. The van der Waals surface area contributed by atoms with Crippen LogP contribution in [0, 0.1) is 0 Å². The van der Waals surface area contributed by atoms with Crippen molar-refractivity contribution in [1.82, 2.24) is 0 Å². The average molecular weight is 405 g/mol. The Labute approximate surface area is 170 Å². The van der Waals surface area contributed by atoms with Crippen molar-refractivity contribution in [2.45, 2.75) is 115 Å². The Morgan fingerprint density at radius 2 is 1.52 bits per heavy atom. The van der Waals surface area contributed by atoms with Crippen LogP contribution in [0.1, 0.15) is 90.4 Å². The highest BCUT2D eigenvalue weighted by Gasteiger charge is 2.42. The van der Waals surface area contributed by atoms with E-state index >= 15 is 0 Å². The minimum atomic E-state index is -1.07. The second-order valence-electron chi connectivity index (χ2n) is 7.71. The molecule has 4 atom stereocenters. The van der Waals surface area contributed by atoms with E-state index in [-0.39, 0.29) is 6.61 Å². The summed E-state index contributed by atoms with van der Waals surface area (Å²) in [6, 6.07) is 0. The first kappa shape index (κ1) is 24.8. The lowest BCUT2D eigenvalue weighted by atomic mass is 10.0. The van der Waals surface area contributed by atoms with Gasteiger partial charge < -0.3 is 24.8 Å². The number of aliphatic hydroxyl groups is 3. The Morgan fingerprint density at radius 3 is 2.04 bits per heavy atom. The standard InChI is InChI=1S/C21H40O5S/c1-2-3-4-5-6-7-8-9-10-11-12-13-14-19(27)26-21-18(24)16-25-20(21)17(23)15-22/h17-18,20-24H,2-16H2,1H3/t17-,18+,20-,21-/m1/s1. The minimum absolute atomic E-state index is 0.0909. The summed E-state index contributed by atoms with van der Waals surface area (Å²) in [5.41, 5.74) is 0. The maximum absolute atomic E-state index is 9.92. The number of thiocarbonyl (C=S) groups is 1. The van der Waals surface area contributed by atoms with Crippen LogP contribution in [0.5, 0.6) is 0 Å². The summed E-state index contributed by atoms with van der Waals surface area (Å²) in [5.74, 6) is 0. The van der Waals surface area contributed by atoms with Crippen molar-refractivity contribution in [3.05, 3.63) is 0 Å². The summed E-state index contributed by atoms with van der Waals surface area (Å²) in [6.07, 6.45) is 12.9. The average Bonchev–Trinajstić information content (AvgIpc) is 3.02. The van der Waals surface area contributed by atoms with Crippen LogP contribution in [-0.2, 0) is 9.47 Å². The van der Waals surface area contributed by atoms with Crippen LogP contribution in [0.2, 0.25) is 0 Å². The molecule has 0 aromatic heterocycles. The van der Waals surface area contributed by atoms with Crippen molar-refractivity contribution in [3.63, 3.8) is 0 Å². The van der Waals surface area contributed by atoms with Crippen LogP contribution in [0.15, 0.2) is 0 Å². The van der Waals surface area contributed by atoms with Gasteiger partial charge in [-0.3, -0.25) is 0 Å². The van der Waals surface area contributed by atoms with Gasteiger partial charge in [-0.25, -0.2) is 0 Å². The molecule has 0 aliphatic carbocycles. The zero-order valence-electron chi connectivity index (χ0n) is 17.0. The Morgan fingerprint density at radius 1 is 1.00 bits per heavy atom. The van der Waals surface area contributed by atoms with E-state index in [4.69, 9.17) is 26.8 Å². The molecule has 1 aliphatic heterocycles. The Balaban J connectivity index is 1.99. The van der Waals surface area contributed by atoms with Crippen LogP contribution in [0.3, 0.4) is 0 Å². The Hall–Kier alpha value is -0.270. The molecule has 0 amide bonds. The fourth-order valence-corrected chi connectivity index (χ4v) is 3.77.